The highest BCUT2D eigenvalue weighted by molar-refractivity contribution is 7.09. The van der Waals surface area contributed by atoms with Crippen molar-refractivity contribution in [2.24, 2.45) is 5.92 Å². The summed E-state index contributed by atoms with van der Waals surface area (Å²) in [5, 5.41) is 4.95. The van der Waals surface area contributed by atoms with E-state index in [1.165, 1.54) is 0 Å². The van der Waals surface area contributed by atoms with Crippen molar-refractivity contribution in [1.82, 2.24) is 9.80 Å². The summed E-state index contributed by atoms with van der Waals surface area (Å²) in [4.78, 5) is 30.9. The minimum absolute atomic E-state index is 0.0358. The van der Waals surface area contributed by atoms with Crippen molar-refractivity contribution in [2.45, 2.75) is 33.9 Å². The van der Waals surface area contributed by atoms with Crippen LogP contribution in [0.3, 0.4) is 0 Å². The normalized spacial score (nSPS) is 10.8. The first-order chi connectivity index (χ1) is 15.4. The number of nitrogens with zero attached hydrogens (tertiary/aromatic N) is 2. The van der Waals surface area contributed by atoms with Gasteiger partial charge in [-0.2, -0.15) is 0 Å². The van der Waals surface area contributed by atoms with Crippen LogP contribution >= 0.6 is 11.3 Å². The summed E-state index contributed by atoms with van der Waals surface area (Å²) in [5.74, 6) is 0.174. The Balaban J connectivity index is 1.74. The fourth-order valence-corrected chi connectivity index (χ4v) is 4.11. The van der Waals surface area contributed by atoms with Crippen molar-refractivity contribution in [3.05, 3.63) is 88.1 Å². The fourth-order valence-electron chi connectivity index (χ4n) is 3.39. The van der Waals surface area contributed by atoms with E-state index in [2.05, 4.69) is 5.32 Å². The van der Waals surface area contributed by atoms with Crippen LogP contribution in [0.5, 0.6) is 0 Å². The first-order valence-corrected chi connectivity index (χ1v) is 11.8. The third kappa shape index (κ3) is 7.24. The van der Waals surface area contributed by atoms with Gasteiger partial charge in [-0.25, -0.2) is 4.79 Å². The van der Waals surface area contributed by atoms with Crippen molar-refractivity contribution in [3.8, 4) is 0 Å². The van der Waals surface area contributed by atoms with Gasteiger partial charge in [0.1, 0.15) is 6.54 Å². The summed E-state index contributed by atoms with van der Waals surface area (Å²) in [5.41, 5.74) is 2.92. The number of carbonyl (C=O) groups is 2. The molecule has 0 unspecified atom stereocenters. The molecule has 3 aromatic rings. The van der Waals surface area contributed by atoms with Gasteiger partial charge < -0.3 is 15.1 Å². The average molecular weight is 450 g/mol. The molecule has 168 valence electrons. The summed E-state index contributed by atoms with van der Waals surface area (Å²) in [6, 6.07) is 21.4. The van der Waals surface area contributed by atoms with E-state index in [1.807, 2.05) is 97.8 Å². The lowest BCUT2D eigenvalue weighted by Gasteiger charge is -2.29. The van der Waals surface area contributed by atoms with Crippen LogP contribution in [0.15, 0.2) is 72.1 Å². The monoisotopic (exact) mass is 449 g/mol. The Morgan fingerprint density at radius 2 is 1.62 bits per heavy atom. The zero-order valence-corrected chi connectivity index (χ0v) is 19.8. The zero-order valence-electron chi connectivity index (χ0n) is 19.0. The number of aryl methyl sites for hydroxylation is 1. The van der Waals surface area contributed by atoms with Crippen LogP contribution in [0.1, 0.15) is 29.9 Å². The number of urea groups is 1. The molecule has 0 atom stereocenters. The highest BCUT2D eigenvalue weighted by Crippen LogP contribution is 2.16. The van der Waals surface area contributed by atoms with Gasteiger partial charge in [0.15, 0.2) is 0 Å². The Bertz CT molecular complexity index is 986. The van der Waals surface area contributed by atoms with Gasteiger partial charge in [0.05, 0.1) is 6.54 Å². The first kappa shape index (κ1) is 23.5. The molecular weight excluding hydrogens is 418 g/mol. The number of carbonyl (C=O) groups excluding carboxylic acids is 2. The molecule has 0 bridgehead atoms. The molecule has 0 aliphatic rings. The predicted molar refractivity (Wildman–Crippen MR) is 132 cm³/mol. The summed E-state index contributed by atoms with van der Waals surface area (Å²) < 4.78 is 0. The fraction of sp³-hybridized carbons (Fsp3) is 0.308. The van der Waals surface area contributed by atoms with Crippen molar-refractivity contribution in [2.75, 3.05) is 18.4 Å². The molecule has 5 nitrogen and oxygen atoms in total. The van der Waals surface area contributed by atoms with E-state index >= 15 is 0 Å². The largest absolute Gasteiger partial charge is 0.332 e. The number of amides is 3. The number of rotatable bonds is 9. The third-order valence-corrected chi connectivity index (χ3v) is 5.86. The van der Waals surface area contributed by atoms with Crippen molar-refractivity contribution in [1.29, 1.82) is 0 Å². The molecule has 0 radical (unpaired) electrons. The van der Waals surface area contributed by atoms with Crippen LogP contribution in [0, 0.1) is 12.8 Å². The van der Waals surface area contributed by atoms with Gasteiger partial charge in [0.25, 0.3) is 0 Å². The number of anilines is 1. The molecule has 3 amide bonds. The quantitative estimate of drug-likeness (QED) is 0.450. The summed E-state index contributed by atoms with van der Waals surface area (Å²) in [6.45, 7) is 7.67. The second-order valence-electron chi connectivity index (χ2n) is 8.39. The maximum Gasteiger partial charge on any atom is 0.322 e. The van der Waals surface area contributed by atoms with Crippen LogP contribution in [-0.4, -0.2) is 34.8 Å². The van der Waals surface area contributed by atoms with Crippen LogP contribution in [0.25, 0.3) is 0 Å². The van der Waals surface area contributed by atoms with E-state index in [0.29, 0.717) is 19.6 Å². The van der Waals surface area contributed by atoms with E-state index in [9.17, 15) is 9.59 Å². The molecular formula is C26H31N3O2S. The number of benzene rings is 2. The molecule has 0 spiro atoms. The van der Waals surface area contributed by atoms with Crippen molar-refractivity contribution < 1.29 is 9.59 Å². The van der Waals surface area contributed by atoms with Gasteiger partial charge >= 0.3 is 6.03 Å². The predicted octanol–water partition coefficient (Wildman–Crippen LogP) is 5.78. The van der Waals surface area contributed by atoms with Gasteiger partial charge in [-0.3, -0.25) is 4.79 Å². The summed E-state index contributed by atoms with van der Waals surface area (Å²) in [6.07, 6.45) is 0. The molecule has 0 fully saturated rings. The molecule has 32 heavy (non-hydrogen) atoms. The molecule has 6 heteroatoms. The Kier molecular flexibility index (Phi) is 8.45. The first-order valence-electron chi connectivity index (χ1n) is 10.9. The van der Waals surface area contributed by atoms with Gasteiger partial charge in [0, 0.05) is 23.7 Å². The topological polar surface area (TPSA) is 52.7 Å². The number of hydrogen-bond acceptors (Lipinski definition) is 3. The second-order valence-corrected chi connectivity index (χ2v) is 9.42. The van der Waals surface area contributed by atoms with Crippen LogP contribution < -0.4 is 5.32 Å². The number of thiophene rings is 1. The third-order valence-electron chi connectivity index (χ3n) is 5.00. The minimum atomic E-state index is -0.258. The SMILES string of the molecule is Cc1ccc(NC(=O)N(CC(=O)N(Cc2ccccc2)Cc2cccs2)CC(C)C)cc1. The minimum Gasteiger partial charge on any atom is -0.332 e. The van der Waals surface area contributed by atoms with E-state index < -0.39 is 0 Å². The summed E-state index contributed by atoms with van der Waals surface area (Å²) in [7, 11) is 0. The molecule has 0 saturated heterocycles. The summed E-state index contributed by atoms with van der Waals surface area (Å²) >= 11 is 1.63. The Morgan fingerprint density at radius 1 is 0.906 bits per heavy atom. The molecule has 0 saturated carbocycles. The van der Waals surface area contributed by atoms with E-state index in [1.54, 1.807) is 16.2 Å². The smallest absolute Gasteiger partial charge is 0.322 e. The van der Waals surface area contributed by atoms with Gasteiger partial charge in [-0.1, -0.05) is 67.9 Å². The Hall–Kier alpha value is -3.12. The molecule has 1 heterocycles. The van der Waals surface area contributed by atoms with Gasteiger partial charge in [-0.05, 0) is 42.0 Å². The van der Waals surface area contributed by atoms with Crippen LogP contribution in [0.4, 0.5) is 10.5 Å². The van der Waals surface area contributed by atoms with E-state index in [0.717, 1.165) is 21.7 Å². The van der Waals surface area contributed by atoms with E-state index in [4.69, 9.17) is 0 Å². The number of hydrogen-bond donors (Lipinski definition) is 1. The lowest BCUT2D eigenvalue weighted by molar-refractivity contribution is -0.133. The van der Waals surface area contributed by atoms with Gasteiger partial charge in [-0.15, -0.1) is 11.3 Å². The highest BCUT2D eigenvalue weighted by Gasteiger charge is 2.23. The maximum atomic E-state index is 13.4. The zero-order chi connectivity index (χ0) is 22.9. The Labute approximate surface area is 194 Å². The molecule has 0 aliphatic carbocycles. The molecule has 2 aromatic carbocycles. The standard InChI is InChI=1S/C26H31N3O2S/c1-20(2)16-29(26(31)27-23-13-11-21(3)12-14-23)19-25(30)28(18-24-10-7-15-32-24)17-22-8-5-4-6-9-22/h4-15,20H,16-19H2,1-3H3,(H,27,31). The second kappa shape index (κ2) is 11.5. The van der Waals surface area contributed by atoms with Crippen molar-refractivity contribution in [3.63, 3.8) is 0 Å². The number of nitrogens with one attached hydrogen (secondary N) is 1. The van der Waals surface area contributed by atoms with Gasteiger partial charge in [0.2, 0.25) is 5.91 Å². The molecule has 1 N–H and O–H groups in total. The molecule has 3 rings (SSSR count). The highest BCUT2D eigenvalue weighted by atomic mass is 32.1. The van der Waals surface area contributed by atoms with Crippen LogP contribution in [0.2, 0.25) is 0 Å². The lowest BCUT2D eigenvalue weighted by Crippen LogP contribution is -2.45. The van der Waals surface area contributed by atoms with Crippen molar-refractivity contribution >= 4 is 29.0 Å². The average Bonchev–Trinajstić information content (AvgIpc) is 3.28. The molecule has 1 aromatic heterocycles. The lowest BCUT2D eigenvalue weighted by atomic mass is 10.2. The van der Waals surface area contributed by atoms with Crippen LogP contribution in [-0.2, 0) is 17.9 Å². The Morgan fingerprint density at radius 3 is 2.25 bits per heavy atom. The van der Waals surface area contributed by atoms with E-state index in [-0.39, 0.29) is 24.4 Å². The molecule has 0 aliphatic heterocycles. The maximum absolute atomic E-state index is 13.4.